The SMILES string of the molecule is Clc1ccc(-c2nc(-c3cnccn3)no2)s1. The first-order valence-corrected chi connectivity index (χ1v) is 5.88. The highest BCUT2D eigenvalue weighted by Gasteiger charge is 2.12. The summed E-state index contributed by atoms with van der Waals surface area (Å²) in [6.07, 6.45) is 4.74. The van der Waals surface area contributed by atoms with E-state index in [9.17, 15) is 0 Å². The molecule has 0 aliphatic rings. The van der Waals surface area contributed by atoms with E-state index in [2.05, 4.69) is 20.1 Å². The maximum absolute atomic E-state index is 5.84. The number of aromatic nitrogens is 4. The van der Waals surface area contributed by atoms with Crippen molar-refractivity contribution in [3.63, 3.8) is 0 Å². The highest BCUT2D eigenvalue weighted by Crippen LogP contribution is 2.30. The van der Waals surface area contributed by atoms with E-state index in [-0.39, 0.29) is 0 Å². The molecule has 0 bridgehead atoms. The molecule has 0 saturated carbocycles. The van der Waals surface area contributed by atoms with Gasteiger partial charge in [-0.1, -0.05) is 16.8 Å². The van der Waals surface area contributed by atoms with Crippen LogP contribution in [0.3, 0.4) is 0 Å². The molecule has 3 aromatic heterocycles. The highest BCUT2D eigenvalue weighted by atomic mass is 35.5. The molecule has 0 amide bonds. The van der Waals surface area contributed by atoms with Crippen LogP contribution in [0.4, 0.5) is 0 Å². The molecule has 0 spiro atoms. The van der Waals surface area contributed by atoms with Crippen molar-refractivity contribution in [2.75, 3.05) is 0 Å². The van der Waals surface area contributed by atoms with Crippen LogP contribution in [-0.4, -0.2) is 20.1 Å². The quantitative estimate of drug-likeness (QED) is 0.712. The summed E-state index contributed by atoms with van der Waals surface area (Å²) in [6.45, 7) is 0. The van der Waals surface area contributed by atoms with Gasteiger partial charge in [0.1, 0.15) is 5.69 Å². The van der Waals surface area contributed by atoms with E-state index < -0.39 is 0 Å². The molecule has 0 aliphatic heterocycles. The third kappa shape index (κ3) is 2.04. The van der Waals surface area contributed by atoms with Crippen molar-refractivity contribution < 1.29 is 4.52 Å². The summed E-state index contributed by atoms with van der Waals surface area (Å²) < 4.78 is 5.82. The monoisotopic (exact) mass is 264 g/mol. The molecule has 5 nitrogen and oxygen atoms in total. The van der Waals surface area contributed by atoms with Crippen LogP contribution in [0.25, 0.3) is 22.3 Å². The molecule has 0 atom stereocenters. The molecule has 0 fully saturated rings. The first-order chi connectivity index (χ1) is 8.33. The van der Waals surface area contributed by atoms with Gasteiger partial charge in [0.05, 0.1) is 15.4 Å². The molecule has 3 heterocycles. The topological polar surface area (TPSA) is 64.7 Å². The Morgan fingerprint density at radius 3 is 2.88 bits per heavy atom. The van der Waals surface area contributed by atoms with E-state index in [4.69, 9.17) is 16.1 Å². The Balaban J connectivity index is 1.99. The van der Waals surface area contributed by atoms with Crippen molar-refractivity contribution in [3.8, 4) is 22.3 Å². The average molecular weight is 265 g/mol. The van der Waals surface area contributed by atoms with Crippen LogP contribution in [0, 0.1) is 0 Å². The average Bonchev–Trinajstić information content (AvgIpc) is 2.98. The number of hydrogen-bond donors (Lipinski definition) is 0. The number of thiophene rings is 1. The van der Waals surface area contributed by atoms with Gasteiger partial charge in [0, 0.05) is 12.4 Å². The van der Waals surface area contributed by atoms with Crippen LogP contribution in [0.1, 0.15) is 0 Å². The van der Waals surface area contributed by atoms with Gasteiger partial charge < -0.3 is 4.52 Å². The molecule has 17 heavy (non-hydrogen) atoms. The van der Waals surface area contributed by atoms with Crippen LogP contribution in [-0.2, 0) is 0 Å². The lowest BCUT2D eigenvalue weighted by molar-refractivity contribution is 0.433. The van der Waals surface area contributed by atoms with Gasteiger partial charge in [0.25, 0.3) is 5.89 Å². The maximum Gasteiger partial charge on any atom is 0.268 e. The van der Waals surface area contributed by atoms with E-state index in [0.29, 0.717) is 21.7 Å². The minimum Gasteiger partial charge on any atom is -0.333 e. The van der Waals surface area contributed by atoms with Gasteiger partial charge in [-0.05, 0) is 12.1 Å². The Hall–Kier alpha value is -1.79. The molecule has 0 N–H and O–H groups in total. The number of hydrogen-bond acceptors (Lipinski definition) is 6. The Bertz CT molecular complexity index is 637. The fourth-order valence-electron chi connectivity index (χ4n) is 1.27. The van der Waals surface area contributed by atoms with Gasteiger partial charge >= 0.3 is 0 Å². The largest absolute Gasteiger partial charge is 0.333 e. The Morgan fingerprint density at radius 2 is 2.18 bits per heavy atom. The van der Waals surface area contributed by atoms with Crippen molar-refractivity contribution >= 4 is 22.9 Å². The van der Waals surface area contributed by atoms with Gasteiger partial charge in [-0.3, -0.25) is 4.98 Å². The molecule has 84 valence electrons. The van der Waals surface area contributed by atoms with Gasteiger partial charge in [-0.25, -0.2) is 4.98 Å². The smallest absolute Gasteiger partial charge is 0.268 e. The third-order valence-electron chi connectivity index (χ3n) is 2.00. The zero-order valence-corrected chi connectivity index (χ0v) is 9.94. The zero-order valence-electron chi connectivity index (χ0n) is 8.37. The van der Waals surface area contributed by atoms with Gasteiger partial charge in [0.15, 0.2) is 0 Å². The predicted octanol–water partition coefficient (Wildman–Crippen LogP) is 2.91. The van der Waals surface area contributed by atoms with Gasteiger partial charge in [-0.15, -0.1) is 11.3 Å². The van der Waals surface area contributed by atoms with Crippen LogP contribution >= 0.6 is 22.9 Å². The van der Waals surface area contributed by atoms with E-state index in [0.717, 1.165) is 4.88 Å². The third-order valence-corrected chi connectivity index (χ3v) is 3.22. The van der Waals surface area contributed by atoms with E-state index in [1.165, 1.54) is 11.3 Å². The van der Waals surface area contributed by atoms with E-state index in [1.54, 1.807) is 24.7 Å². The van der Waals surface area contributed by atoms with Crippen LogP contribution < -0.4 is 0 Å². The lowest BCUT2D eigenvalue weighted by Crippen LogP contribution is -1.85. The zero-order chi connectivity index (χ0) is 11.7. The number of halogens is 1. The lowest BCUT2D eigenvalue weighted by Gasteiger charge is -1.88. The van der Waals surface area contributed by atoms with Gasteiger partial charge in [-0.2, -0.15) is 4.98 Å². The fraction of sp³-hybridized carbons (Fsp3) is 0. The molecule has 0 aromatic carbocycles. The Labute approximate surface area is 105 Å². The molecule has 0 aliphatic carbocycles. The summed E-state index contributed by atoms with van der Waals surface area (Å²) in [6, 6.07) is 3.62. The van der Waals surface area contributed by atoms with Crippen molar-refractivity contribution in [2.24, 2.45) is 0 Å². The predicted molar refractivity (Wildman–Crippen MR) is 63.6 cm³/mol. The first-order valence-electron chi connectivity index (χ1n) is 4.69. The second-order valence-corrected chi connectivity index (χ2v) is 4.83. The molecule has 3 aromatic rings. The summed E-state index contributed by atoms with van der Waals surface area (Å²) in [5.74, 6) is 0.847. The summed E-state index contributed by atoms with van der Waals surface area (Å²) in [7, 11) is 0. The minimum absolute atomic E-state index is 0.414. The second-order valence-electron chi connectivity index (χ2n) is 3.12. The Morgan fingerprint density at radius 1 is 1.24 bits per heavy atom. The van der Waals surface area contributed by atoms with Crippen LogP contribution in [0.2, 0.25) is 4.34 Å². The molecule has 0 unspecified atom stereocenters. The minimum atomic E-state index is 0.414. The maximum atomic E-state index is 5.84. The summed E-state index contributed by atoms with van der Waals surface area (Å²) >= 11 is 7.22. The molecule has 7 heteroatoms. The lowest BCUT2D eigenvalue weighted by atomic mass is 10.4. The number of nitrogens with zero attached hydrogens (tertiary/aromatic N) is 4. The molecule has 3 rings (SSSR count). The fourth-order valence-corrected chi connectivity index (χ4v) is 2.24. The van der Waals surface area contributed by atoms with Crippen LogP contribution in [0.15, 0.2) is 35.2 Å². The Kier molecular flexibility index (Phi) is 2.58. The summed E-state index contributed by atoms with van der Waals surface area (Å²) in [4.78, 5) is 13.1. The van der Waals surface area contributed by atoms with Gasteiger partial charge in [0.2, 0.25) is 5.82 Å². The molecule has 0 saturated heterocycles. The van der Waals surface area contributed by atoms with E-state index >= 15 is 0 Å². The molecular formula is C10H5ClN4OS. The molecular weight excluding hydrogens is 260 g/mol. The highest BCUT2D eigenvalue weighted by molar-refractivity contribution is 7.19. The van der Waals surface area contributed by atoms with Crippen molar-refractivity contribution in [1.29, 1.82) is 0 Å². The van der Waals surface area contributed by atoms with E-state index in [1.807, 2.05) is 6.07 Å². The summed E-state index contributed by atoms with van der Waals surface area (Å²) in [5.41, 5.74) is 0.574. The normalized spacial score (nSPS) is 10.6. The van der Waals surface area contributed by atoms with Crippen molar-refractivity contribution in [3.05, 3.63) is 35.1 Å². The number of rotatable bonds is 2. The standard InChI is InChI=1S/C10H5ClN4OS/c11-8-2-1-7(17-8)10-14-9(15-16-10)6-5-12-3-4-13-6/h1-5H. The molecule has 0 radical (unpaired) electrons. The van der Waals surface area contributed by atoms with Crippen LogP contribution in [0.5, 0.6) is 0 Å². The summed E-state index contributed by atoms with van der Waals surface area (Å²) in [5, 5.41) is 3.85. The van der Waals surface area contributed by atoms with Crippen molar-refractivity contribution in [2.45, 2.75) is 0 Å². The first kappa shape index (κ1) is 10.4. The second kappa shape index (κ2) is 4.23. The van der Waals surface area contributed by atoms with Crippen molar-refractivity contribution in [1.82, 2.24) is 20.1 Å².